The van der Waals surface area contributed by atoms with Crippen molar-refractivity contribution >= 4 is 17.4 Å². The van der Waals surface area contributed by atoms with Gasteiger partial charge in [0, 0.05) is 18.9 Å². The van der Waals surface area contributed by atoms with Crippen molar-refractivity contribution in [2.24, 2.45) is 0 Å². The Morgan fingerprint density at radius 2 is 2.20 bits per heavy atom. The van der Waals surface area contributed by atoms with E-state index >= 15 is 0 Å². The second-order valence-electron chi connectivity index (χ2n) is 4.11. The van der Waals surface area contributed by atoms with Crippen LogP contribution in [0.4, 0.5) is 5.82 Å². The molecule has 1 aromatic heterocycles. The largest absolute Gasteiger partial charge is 0.382 e. The number of rotatable bonds is 4. The maximum atomic E-state index is 5.73. The Kier molecular flexibility index (Phi) is 3.88. The van der Waals surface area contributed by atoms with E-state index in [-0.39, 0.29) is 10.8 Å². The molecule has 0 aliphatic rings. The summed E-state index contributed by atoms with van der Waals surface area (Å²) in [6.07, 6.45) is 1.69. The number of ether oxygens (including phenoxy) is 1. The van der Waals surface area contributed by atoms with Crippen LogP contribution in [-0.4, -0.2) is 29.2 Å². The lowest BCUT2D eigenvalue weighted by atomic mass is 10.1. The van der Waals surface area contributed by atoms with Crippen LogP contribution in [0.25, 0.3) is 0 Å². The molecule has 0 fully saturated rings. The second-order valence-corrected chi connectivity index (χ2v) is 4.45. The van der Waals surface area contributed by atoms with Crippen LogP contribution in [0, 0.1) is 6.92 Å². The maximum absolute atomic E-state index is 5.73. The van der Waals surface area contributed by atoms with E-state index < -0.39 is 0 Å². The van der Waals surface area contributed by atoms with E-state index in [0.717, 1.165) is 11.4 Å². The number of nitrogens with zero attached hydrogens (tertiary/aromatic N) is 2. The lowest BCUT2D eigenvalue weighted by molar-refractivity contribution is 0.158. The summed E-state index contributed by atoms with van der Waals surface area (Å²) in [5.41, 5.74) is 0.778. The average Bonchev–Trinajstić information content (AvgIpc) is 2.10. The van der Waals surface area contributed by atoms with Gasteiger partial charge in [0.2, 0.25) is 5.28 Å². The fourth-order valence-electron chi connectivity index (χ4n) is 1.26. The molecule has 0 saturated carbocycles. The summed E-state index contributed by atoms with van der Waals surface area (Å²) >= 11 is 5.73. The minimum atomic E-state index is -0.183. The fourth-order valence-corrected chi connectivity index (χ4v) is 1.40. The maximum Gasteiger partial charge on any atom is 0.224 e. The molecule has 84 valence electrons. The number of aryl methyl sites for hydroxylation is 1. The number of aromatic nitrogens is 2. The van der Waals surface area contributed by atoms with Crippen molar-refractivity contribution in [2.75, 3.05) is 19.0 Å². The normalized spacial score (nSPS) is 11.5. The van der Waals surface area contributed by atoms with Gasteiger partial charge in [0.15, 0.2) is 0 Å². The average molecular weight is 230 g/mol. The van der Waals surface area contributed by atoms with Crippen molar-refractivity contribution in [3.05, 3.63) is 17.0 Å². The smallest absolute Gasteiger partial charge is 0.224 e. The minimum Gasteiger partial charge on any atom is -0.382 e. The first-order valence-electron chi connectivity index (χ1n) is 4.71. The molecule has 1 rings (SSSR count). The molecule has 0 radical (unpaired) electrons. The summed E-state index contributed by atoms with van der Waals surface area (Å²) in [5, 5.41) is 3.51. The van der Waals surface area contributed by atoms with Crippen molar-refractivity contribution in [2.45, 2.75) is 26.3 Å². The first-order chi connectivity index (χ1) is 6.94. The molecule has 0 aliphatic heterocycles. The van der Waals surface area contributed by atoms with Crippen molar-refractivity contribution in [1.29, 1.82) is 0 Å². The van der Waals surface area contributed by atoms with Crippen LogP contribution in [0.3, 0.4) is 0 Å². The van der Waals surface area contributed by atoms with E-state index in [1.807, 2.05) is 20.8 Å². The molecule has 1 aromatic rings. The molecule has 0 aromatic carbocycles. The van der Waals surface area contributed by atoms with E-state index in [0.29, 0.717) is 6.61 Å². The van der Waals surface area contributed by atoms with E-state index in [1.54, 1.807) is 13.3 Å². The Labute approximate surface area is 95.0 Å². The lowest BCUT2D eigenvalue weighted by Gasteiger charge is -2.26. The number of anilines is 1. The Morgan fingerprint density at radius 1 is 1.53 bits per heavy atom. The highest BCUT2D eigenvalue weighted by Gasteiger charge is 2.18. The van der Waals surface area contributed by atoms with Gasteiger partial charge in [-0.15, -0.1) is 0 Å². The Bertz CT molecular complexity index is 341. The van der Waals surface area contributed by atoms with Crippen molar-refractivity contribution < 1.29 is 4.74 Å². The number of hydrogen-bond acceptors (Lipinski definition) is 4. The summed E-state index contributed by atoms with van der Waals surface area (Å²) in [6.45, 7) is 6.59. The summed E-state index contributed by atoms with van der Waals surface area (Å²) < 4.78 is 5.11. The highest BCUT2D eigenvalue weighted by atomic mass is 35.5. The van der Waals surface area contributed by atoms with Crippen LogP contribution in [0.5, 0.6) is 0 Å². The molecule has 1 N–H and O–H groups in total. The molecule has 5 heteroatoms. The zero-order valence-corrected chi connectivity index (χ0v) is 10.2. The third-order valence-corrected chi connectivity index (χ3v) is 2.09. The van der Waals surface area contributed by atoms with E-state index in [9.17, 15) is 0 Å². The van der Waals surface area contributed by atoms with Crippen LogP contribution in [-0.2, 0) is 4.74 Å². The number of nitrogens with one attached hydrogen (secondary N) is 1. The van der Waals surface area contributed by atoms with Crippen molar-refractivity contribution in [1.82, 2.24) is 9.97 Å². The highest BCUT2D eigenvalue weighted by molar-refractivity contribution is 6.28. The van der Waals surface area contributed by atoms with Crippen LogP contribution in [0.1, 0.15) is 19.4 Å². The van der Waals surface area contributed by atoms with E-state index in [4.69, 9.17) is 16.3 Å². The standard InChI is InChI=1S/C10H16ClN3O/c1-7-5-12-9(11)13-8(7)14-10(2,3)6-15-4/h5H,6H2,1-4H3,(H,12,13,14). The van der Waals surface area contributed by atoms with Crippen LogP contribution in [0.2, 0.25) is 5.28 Å². The molecule has 0 aliphatic carbocycles. The van der Waals surface area contributed by atoms with Crippen molar-refractivity contribution in [3.63, 3.8) is 0 Å². The zero-order valence-electron chi connectivity index (χ0n) is 9.47. The molecule has 0 atom stereocenters. The van der Waals surface area contributed by atoms with Gasteiger partial charge < -0.3 is 10.1 Å². The van der Waals surface area contributed by atoms with Gasteiger partial charge in [-0.1, -0.05) is 0 Å². The summed E-state index contributed by atoms with van der Waals surface area (Å²) in [5.74, 6) is 0.747. The van der Waals surface area contributed by atoms with E-state index in [1.165, 1.54) is 0 Å². The zero-order chi connectivity index (χ0) is 11.5. The predicted octanol–water partition coefficient (Wildman–Crippen LogP) is 2.28. The summed E-state index contributed by atoms with van der Waals surface area (Å²) in [6, 6.07) is 0. The molecule has 0 bridgehead atoms. The monoisotopic (exact) mass is 229 g/mol. The van der Waals surface area contributed by atoms with Gasteiger partial charge in [0.25, 0.3) is 0 Å². The molecular formula is C10H16ClN3O. The number of hydrogen-bond donors (Lipinski definition) is 1. The molecule has 4 nitrogen and oxygen atoms in total. The second kappa shape index (κ2) is 4.77. The van der Waals surface area contributed by atoms with Crippen molar-refractivity contribution in [3.8, 4) is 0 Å². The SMILES string of the molecule is COCC(C)(C)Nc1nc(Cl)ncc1C. The Morgan fingerprint density at radius 3 is 2.80 bits per heavy atom. The quantitative estimate of drug-likeness (QED) is 0.805. The Hall–Kier alpha value is -0.870. The first-order valence-corrected chi connectivity index (χ1v) is 5.09. The molecule has 0 unspecified atom stereocenters. The van der Waals surface area contributed by atoms with Gasteiger partial charge >= 0.3 is 0 Å². The fraction of sp³-hybridized carbons (Fsp3) is 0.600. The van der Waals surface area contributed by atoms with Gasteiger partial charge in [-0.05, 0) is 32.4 Å². The first kappa shape index (κ1) is 12.2. The molecule has 0 saturated heterocycles. The molecular weight excluding hydrogens is 214 g/mol. The van der Waals surface area contributed by atoms with Crippen LogP contribution >= 0.6 is 11.6 Å². The molecule has 1 heterocycles. The third kappa shape index (κ3) is 3.64. The van der Waals surface area contributed by atoms with E-state index in [2.05, 4.69) is 15.3 Å². The van der Waals surface area contributed by atoms with Gasteiger partial charge in [-0.2, -0.15) is 0 Å². The minimum absolute atomic E-state index is 0.183. The number of methoxy groups -OCH3 is 1. The predicted molar refractivity (Wildman–Crippen MR) is 61.4 cm³/mol. The molecule has 0 amide bonds. The van der Waals surface area contributed by atoms with Gasteiger partial charge in [-0.3, -0.25) is 0 Å². The molecule has 0 spiro atoms. The van der Waals surface area contributed by atoms with Crippen LogP contribution in [0.15, 0.2) is 6.20 Å². The van der Waals surface area contributed by atoms with Gasteiger partial charge in [0.05, 0.1) is 12.1 Å². The highest BCUT2D eigenvalue weighted by Crippen LogP contribution is 2.18. The Balaban J connectivity index is 2.83. The number of halogens is 1. The third-order valence-electron chi connectivity index (χ3n) is 1.90. The van der Waals surface area contributed by atoms with Crippen LogP contribution < -0.4 is 5.32 Å². The summed E-state index contributed by atoms with van der Waals surface area (Å²) in [4.78, 5) is 8.03. The topological polar surface area (TPSA) is 47.0 Å². The lowest BCUT2D eigenvalue weighted by Crippen LogP contribution is -2.36. The summed E-state index contributed by atoms with van der Waals surface area (Å²) in [7, 11) is 1.67. The molecule has 15 heavy (non-hydrogen) atoms. The van der Waals surface area contributed by atoms with Gasteiger partial charge in [-0.25, -0.2) is 9.97 Å². The van der Waals surface area contributed by atoms with Gasteiger partial charge in [0.1, 0.15) is 5.82 Å².